The highest BCUT2D eigenvalue weighted by molar-refractivity contribution is 7.13. The summed E-state index contributed by atoms with van der Waals surface area (Å²) in [7, 11) is 0. The molecule has 146 valence electrons. The zero-order chi connectivity index (χ0) is 20.2. The minimum absolute atomic E-state index is 0.144. The van der Waals surface area contributed by atoms with Crippen molar-refractivity contribution in [3.63, 3.8) is 0 Å². The number of benzene rings is 2. The van der Waals surface area contributed by atoms with E-state index in [0.29, 0.717) is 5.69 Å². The molecule has 6 nitrogen and oxygen atoms in total. The summed E-state index contributed by atoms with van der Waals surface area (Å²) in [4.78, 5) is 33.1. The molecular formula is C22H20N4O2S. The van der Waals surface area contributed by atoms with E-state index in [1.165, 1.54) is 6.92 Å². The van der Waals surface area contributed by atoms with Crippen LogP contribution < -0.4 is 10.6 Å². The largest absolute Gasteiger partial charge is 0.349 e. The average molecular weight is 404 g/mol. The Hall–Kier alpha value is -3.45. The van der Waals surface area contributed by atoms with Gasteiger partial charge in [-0.25, -0.2) is 4.98 Å². The van der Waals surface area contributed by atoms with Crippen LogP contribution in [0.1, 0.15) is 24.9 Å². The normalized spacial score (nSPS) is 11.9. The number of rotatable bonds is 6. The molecule has 2 amide bonds. The predicted octanol–water partition coefficient (Wildman–Crippen LogP) is 4.50. The maximum atomic E-state index is 12.6. The molecule has 0 radical (unpaired) electrons. The first-order chi connectivity index (χ1) is 14.1. The van der Waals surface area contributed by atoms with Crippen LogP contribution in [0.15, 0.2) is 66.0 Å². The van der Waals surface area contributed by atoms with Gasteiger partial charge in [0.05, 0.1) is 28.4 Å². The van der Waals surface area contributed by atoms with Gasteiger partial charge in [-0.3, -0.25) is 9.59 Å². The fourth-order valence-electron chi connectivity index (χ4n) is 3.20. The SMILES string of the molecule is CC(=O)NC(CC(=O)Nc1ccc2nc(-c3cccs3)[nH]c2c1)c1ccccc1. The van der Waals surface area contributed by atoms with Gasteiger partial charge in [-0.1, -0.05) is 36.4 Å². The second kappa shape index (κ2) is 8.28. The van der Waals surface area contributed by atoms with Crippen LogP contribution in [0.4, 0.5) is 5.69 Å². The van der Waals surface area contributed by atoms with Gasteiger partial charge in [0.2, 0.25) is 11.8 Å². The molecule has 0 aliphatic carbocycles. The lowest BCUT2D eigenvalue weighted by atomic mass is 10.0. The minimum Gasteiger partial charge on any atom is -0.349 e. The van der Waals surface area contributed by atoms with Crippen LogP contribution in [-0.4, -0.2) is 21.8 Å². The number of anilines is 1. The Kier molecular flexibility index (Phi) is 5.39. The molecule has 0 aliphatic rings. The number of thiophene rings is 1. The van der Waals surface area contributed by atoms with Crippen molar-refractivity contribution in [2.75, 3.05) is 5.32 Å². The molecule has 0 fully saturated rings. The number of carbonyl (C=O) groups excluding carboxylic acids is 2. The Morgan fingerprint density at radius 2 is 1.93 bits per heavy atom. The standard InChI is InChI=1S/C22H20N4O2S/c1-14(27)23-18(15-6-3-2-4-7-15)13-21(28)24-16-9-10-17-19(12-16)26-22(25-17)20-8-5-11-29-20/h2-12,18H,13H2,1H3,(H,23,27)(H,24,28)(H,25,26). The van der Waals surface area contributed by atoms with E-state index in [1.54, 1.807) is 11.3 Å². The molecule has 1 atom stereocenters. The monoisotopic (exact) mass is 404 g/mol. The van der Waals surface area contributed by atoms with E-state index in [-0.39, 0.29) is 24.3 Å². The molecular weight excluding hydrogens is 384 g/mol. The summed E-state index contributed by atoms with van der Waals surface area (Å²) in [6.07, 6.45) is 0.144. The maximum Gasteiger partial charge on any atom is 0.226 e. The van der Waals surface area contributed by atoms with Crippen molar-refractivity contribution < 1.29 is 9.59 Å². The Bertz CT molecular complexity index is 1140. The van der Waals surface area contributed by atoms with E-state index in [9.17, 15) is 9.59 Å². The van der Waals surface area contributed by atoms with Gasteiger partial charge in [0.15, 0.2) is 0 Å². The van der Waals surface area contributed by atoms with Gasteiger partial charge >= 0.3 is 0 Å². The van der Waals surface area contributed by atoms with E-state index < -0.39 is 0 Å². The van der Waals surface area contributed by atoms with E-state index >= 15 is 0 Å². The van der Waals surface area contributed by atoms with E-state index in [1.807, 2.05) is 66.0 Å². The number of aromatic amines is 1. The van der Waals surface area contributed by atoms with Gasteiger partial charge in [-0.05, 0) is 35.2 Å². The number of H-pyrrole nitrogens is 1. The molecule has 2 aromatic heterocycles. The van der Waals surface area contributed by atoms with E-state index in [0.717, 1.165) is 27.3 Å². The minimum atomic E-state index is -0.380. The van der Waals surface area contributed by atoms with Gasteiger partial charge < -0.3 is 15.6 Å². The van der Waals surface area contributed by atoms with Gasteiger partial charge in [-0.15, -0.1) is 11.3 Å². The summed E-state index contributed by atoms with van der Waals surface area (Å²) in [6.45, 7) is 1.45. The fraction of sp³-hybridized carbons (Fsp3) is 0.136. The van der Waals surface area contributed by atoms with E-state index in [4.69, 9.17) is 0 Å². The molecule has 29 heavy (non-hydrogen) atoms. The highest BCUT2D eigenvalue weighted by Crippen LogP contribution is 2.26. The zero-order valence-electron chi connectivity index (χ0n) is 15.8. The summed E-state index contributed by atoms with van der Waals surface area (Å²) < 4.78 is 0. The topological polar surface area (TPSA) is 86.9 Å². The molecule has 1 unspecified atom stereocenters. The number of nitrogens with one attached hydrogen (secondary N) is 3. The first-order valence-corrected chi connectivity index (χ1v) is 10.1. The van der Waals surface area contributed by atoms with Crippen LogP contribution >= 0.6 is 11.3 Å². The first-order valence-electron chi connectivity index (χ1n) is 9.24. The molecule has 0 saturated carbocycles. The molecule has 0 aliphatic heterocycles. The third kappa shape index (κ3) is 4.52. The van der Waals surface area contributed by atoms with Crippen LogP contribution in [0.2, 0.25) is 0 Å². The zero-order valence-corrected chi connectivity index (χ0v) is 16.6. The lowest BCUT2D eigenvalue weighted by molar-refractivity contribution is -0.120. The molecule has 7 heteroatoms. The highest BCUT2D eigenvalue weighted by Gasteiger charge is 2.17. The number of carbonyl (C=O) groups is 2. The Labute approximate surface area is 172 Å². The summed E-state index contributed by atoms with van der Waals surface area (Å²) in [5, 5.41) is 7.77. The van der Waals surface area contributed by atoms with Crippen molar-refractivity contribution in [2.24, 2.45) is 0 Å². The molecule has 2 aromatic carbocycles. The van der Waals surface area contributed by atoms with Crippen molar-refractivity contribution in [3.05, 3.63) is 71.6 Å². The number of hydrogen-bond acceptors (Lipinski definition) is 4. The van der Waals surface area contributed by atoms with Crippen LogP contribution in [0.3, 0.4) is 0 Å². The van der Waals surface area contributed by atoms with Crippen LogP contribution in [-0.2, 0) is 9.59 Å². The van der Waals surface area contributed by atoms with Gasteiger partial charge in [0.1, 0.15) is 5.82 Å². The lowest BCUT2D eigenvalue weighted by Crippen LogP contribution is -2.29. The fourth-order valence-corrected chi connectivity index (χ4v) is 3.87. The number of nitrogens with zero attached hydrogens (tertiary/aromatic N) is 1. The Morgan fingerprint density at radius 1 is 1.10 bits per heavy atom. The second-order valence-corrected chi connectivity index (χ2v) is 7.66. The molecule has 0 bridgehead atoms. The predicted molar refractivity (Wildman–Crippen MR) is 116 cm³/mol. The first kappa shape index (κ1) is 18.9. The quantitative estimate of drug-likeness (QED) is 0.442. The summed E-state index contributed by atoms with van der Waals surface area (Å²) in [6, 6.07) is 18.7. The number of imidazole rings is 1. The number of aromatic nitrogens is 2. The van der Waals surface area contributed by atoms with Crippen molar-refractivity contribution in [3.8, 4) is 10.7 Å². The smallest absolute Gasteiger partial charge is 0.226 e. The second-order valence-electron chi connectivity index (χ2n) is 6.71. The molecule has 4 aromatic rings. The van der Waals surface area contributed by atoms with Crippen LogP contribution in [0, 0.1) is 0 Å². The van der Waals surface area contributed by atoms with Gasteiger partial charge in [-0.2, -0.15) is 0 Å². The third-order valence-electron chi connectivity index (χ3n) is 4.49. The summed E-state index contributed by atoms with van der Waals surface area (Å²) in [5.41, 5.74) is 3.26. The van der Waals surface area contributed by atoms with Crippen molar-refractivity contribution >= 4 is 39.9 Å². The Balaban J connectivity index is 1.49. The summed E-state index contributed by atoms with van der Waals surface area (Å²) in [5.74, 6) is 0.463. The van der Waals surface area contributed by atoms with Crippen molar-refractivity contribution in [1.29, 1.82) is 0 Å². The number of fused-ring (bicyclic) bond motifs is 1. The lowest BCUT2D eigenvalue weighted by Gasteiger charge is -2.18. The van der Waals surface area contributed by atoms with Crippen LogP contribution in [0.5, 0.6) is 0 Å². The van der Waals surface area contributed by atoms with Crippen molar-refractivity contribution in [2.45, 2.75) is 19.4 Å². The van der Waals surface area contributed by atoms with Gasteiger partial charge in [0, 0.05) is 12.6 Å². The molecule has 0 spiro atoms. The van der Waals surface area contributed by atoms with Crippen LogP contribution in [0.25, 0.3) is 21.7 Å². The third-order valence-corrected chi connectivity index (χ3v) is 5.37. The summed E-state index contributed by atoms with van der Waals surface area (Å²) >= 11 is 1.62. The number of amides is 2. The van der Waals surface area contributed by atoms with Crippen molar-refractivity contribution in [1.82, 2.24) is 15.3 Å². The average Bonchev–Trinajstić information content (AvgIpc) is 3.37. The highest BCUT2D eigenvalue weighted by atomic mass is 32.1. The molecule has 4 rings (SSSR count). The van der Waals surface area contributed by atoms with E-state index in [2.05, 4.69) is 20.6 Å². The number of hydrogen-bond donors (Lipinski definition) is 3. The molecule has 3 N–H and O–H groups in total. The molecule has 2 heterocycles. The molecule has 0 saturated heterocycles. The Morgan fingerprint density at radius 3 is 2.66 bits per heavy atom. The van der Waals surface area contributed by atoms with Gasteiger partial charge in [0.25, 0.3) is 0 Å². The maximum absolute atomic E-state index is 12.6.